The van der Waals surface area contributed by atoms with E-state index in [2.05, 4.69) is 10.6 Å². The molecule has 0 unspecified atom stereocenters. The summed E-state index contributed by atoms with van der Waals surface area (Å²) >= 11 is 0. The van der Waals surface area contributed by atoms with Crippen LogP contribution in [0.15, 0.2) is 42.5 Å². The zero-order valence-corrected chi connectivity index (χ0v) is 14.3. The van der Waals surface area contributed by atoms with Crippen molar-refractivity contribution < 1.29 is 23.8 Å². The van der Waals surface area contributed by atoms with E-state index in [0.717, 1.165) is 0 Å². The van der Waals surface area contributed by atoms with Gasteiger partial charge in [0.25, 0.3) is 5.91 Å². The average Bonchev–Trinajstić information content (AvgIpc) is 2.66. The Labute approximate surface area is 145 Å². The molecule has 0 atom stereocenters. The molecular weight excluding hydrogens is 324 g/mol. The van der Waals surface area contributed by atoms with Gasteiger partial charge in [-0.15, -0.1) is 0 Å². The van der Waals surface area contributed by atoms with Crippen molar-refractivity contribution in [3.05, 3.63) is 48.0 Å². The van der Waals surface area contributed by atoms with Gasteiger partial charge in [-0.3, -0.25) is 4.79 Å². The van der Waals surface area contributed by atoms with E-state index in [4.69, 9.17) is 14.2 Å². The number of hydrogen-bond acceptors (Lipinski definition) is 6. The second kappa shape index (κ2) is 8.58. The molecule has 0 aromatic heterocycles. The van der Waals surface area contributed by atoms with Crippen molar-refractivity contribution in [3.8, 4) is 11.5 Å². The molecule has 2 aromatic carbocycles. The SMILES string of the molecule is CNc1ccccc1C(=O)OCC(=O)Nc1ccc(OC)cc1OC. The first kappa shape index (κ1) is 18.1. The zero-order valence-electron chi connectivity index (χ0n) is 14.3. The van der Waals surface area contributed by atoms with Crippen LogP contribution in [-0.2, 0) is 9.53 Å². The van der Waals surface area contributed by atoms with Gasteiger partial charge in [-0.25, -0.2) is 4.79 Å². The second-order valence-corrected chi connectivity index (χ2v) is 4.99. The summed E-state index contributed by atoms with van der Waals surface area (Å²) in [6.07, 6.45) is 0. The summed E-state index contributed by atoms with van der Waals surface area (Å²) in [7, 11) is 4.73. The molecular formula is C18H20N2O5. The van der Waals surface area contributed by atoms with Crippen LogP contribution in [0.4, 0.5) is 11.4 Å². The predicted octanol–water partition coefficient (Wildman–Crippen LogP) is 2.54. The lowest BCUT2D eigenvalue weighted by molar-refractivity contribution is -0.119. The molecule has 0 aliphatic carbocycles. The van der Waals surface area contributed by atoms with E-state index in [9.17, 15) is 9.59 Å². The highest BCUT2D eigenvalue weighted by atomic mass is 16.5. The minimum atomic E-state index is -0.582. The Balaban J connectivity index is 1.98. The lowest BCUT2D eigenvalue weighted by atomic mass is 10.2. The van der Waals surface area contributed by atoms with Crippen molar-refractivity contribution in [2.75, 3.05) is 38.5 Å². The Bertz CT molecular complexity index is 761. The normalized spacial score (nSPS) is 9.88. The van der Waals surface area contributed by atoms with Crippen molar-refractivity contribution >= 4 is 23.3 Å². The average molecular weight is 344 g/mol. The van der Waals surface area contributed by atoms with Crippen LogP contribution < -0.4 is 20.1 Å². The fourth-order valence-corrected chi connectivity index (χ4v) is 2.18. The Morgan fingerprint density at radius 2 is 1.76 bits per heavy atom. The maximum atomic E-state index is 12.1. The zero-order chi connectivity index (χ0) is 18.2. The highest BCUT2D eigenvalue weighted by molar-refractivity contribution is 5.99. The largest absolute Gasteiger partial charge is 0.497 e. The van der Waals surface area contributed by atoms with Crippen molar-refractivity contribution in [1.82, 2.24) is 0 Å². The molecule has 1 amide bonds. The Morgan fingerprint density at radius 3 is 2.44 bits per heavy atom. The van der Waals surface area contributed by atoms with Gasteiger partial charge < -0.3 is 24.8 Å². The first-order valence-corrected chi connectivity index (χ1v) is 7.54. The lowest BCUT2D eigenvalue weighted by Crippen LogP contribution is -2.21. The standard InChI is InChI=1S/C18H20N2O5/c1-19-14-7-5-4-6-13(14)18(22)25-11-17(21)20-15-9-8-12(23-2)10-16(15)24-3/h4-10,19H,11H2,1-3H3,(H,20,21). The number of anilines is 2. The van der Waals surface area contributed by atoms with Crippen LogP contribution in [0, 0.1) is 0 Å². The maximum absolute atomic E-state index is 12.1. The number of carbonyl (C=O) groups is 2. The number of ether oxygens (including phenoxy) is 3. The van der Waals surface area contributed by atoms with Gasteiger partial charge in [-0.2, -0.15) is 0 Å². The van der Waals surface area contributed by atoms with E-state index < -0.39 is 18.5 Å². The Kier molecular flexibility index (Phi) is 6.22. The summed E-state index contributed by atoms with van der Waals surface area (Å²) in [4.78, 5) is 24.1. The molecule has 0 spiro atoms. The number of esters is 1. The molecule has 132 valence electrons. The quantitative estimate of drug-likeness (QED) is 0.751. The summed E-state index contributed by atoms with van der Waals surface area (Å²) in [6, 6.07) is 11.9. The fraction of sp³-hybridized carbons (Fsp3) is 0.222. The van der Waals surface area contributed by atoms with Gasteiger partial charge in [-0.1, -0.05) is 12.1 Å². The van der Waals surface area contributed by atoms with Gasteiger partial charge in [0.2, 0.25) is 0 Å². The fourth-order valence-electron chi connectivity index (χ4n) is 2.18. The number of methoxy groups -OCH3 is 2. The number of nitrogens with one attached hydrogen (secondary N) is 2. The van der Waals surface area contributed by atoms with Gasteiger partial charge in [0.1, 0.15) is 11.5 Å². The number of para-hydroxylation sites is 1. The highest BCUT2D eigenvalue weighted by Crippen LogP contribution is 2.28. The summed E-state index contributed by atoms with van der Waals surface area (Å²) < 4.78 is 15.4. The van der Waals surface area contributed by atoms with Crippen LogP contribution in [0.3, 0.4) is 0 Å². The van der Waals surface area contributed by atoms with Crippen LogP contribution in [0.5, 0.6) is 11.5 Å². The summed E-state index contributed by atoms with van der Waals surface area (Å²) in [5, 5.41) is 5.54. The van der Waals surface area contributed by atoms with Gasteiger partial charge in [0, 0.05) is 18.8 Å². The molecule has 2 rings (SSSR count). The van der Waals surface area contributed by atoms with Crippen LogP contribution >= 0.6 is 0 Å². The molecule has 7 nitrogen and oxygen atoms in total. The number of hydrogen-bond donors (Lipinski definition) is 2. The van der Waals surface area contributed by atoms with Gasteiger partial charge in [0.05, 0.1) is 25.5 Å². The molecule has 0 saturated heterocycles. The number of carbonyl (C=O) groups excluding carboxylic acids is 2. The Morgan fingerprint density at radius 1 is 1.00 bits per heavy atom. The minimum absolute atomic E-state index is 0.361. The smallest absolute Gasteiger partial charge is 0.340 e. The van der Waals surface area contributed by atoms with E-state index in [0.29, 0.717) is 28.4 Å². The number of rotatable bonds is 7. The van der Waals surface area contributed by atoms with Crippen molar-refractivity contribution in [2.24, 2.45) is 0 Å². The second-order valence-electron chi connectivity index (χ2n) is 4.99. The van der Waals surface area contributed by atoms with Gasteiger partial charge in [-0.05, 0) is 24.3 Å². The van der Waals surface area contributed by atoms with Crippen LogP contribution in [0.2, 0.25) is 0 Å². The third-order valence-corrected chi connectivity index (χ3v) is 3.43. The van der Waals surface area contributed by atoms with E-state index in [1.54, 1.807) is 49.5 Å². The van der Waals surface area contributed by atoms with Crippen molar-refractivity contribution in [2.45, 2.75) is 0 Å². The van der Waals surface area contributed by atoms with Crippen LogP contribution in [-0.4, -0.2) is 39.8 Å². The van der Waals surface area contributed by atoms with E-state index in [1.807, 2.05) is 0 Å². The monoisotopic (exact) mass is 344 g/mol. The molecule has 0 fully saturated rings. The third kappa shape index (κ3) is 4.63. The Hall–Kier alpha value is -3.22. The van der Waals surface area contributed by atoms with Crippen molar-refractivity contribution in [1.29, 1.82) is 0 Å². The summed E-state index contributed by atoms with van der Waals surface area (Å²) in [5.74, 6) is -0.00921. The van der Waals surface area contributed by atoms with Gasteiger partial charge in [0.15, 0.2) is 6.61 Å². The van der Waals surface area contributed by atoms with Gasteiger partial charge >= 0.3 is 5.97 Å². The van der Waals surface area contributed by atoms with Crippen molar-refractivity contribution in [3.63, 3.8) is 0 Å². The molecule has 7 heteroatoms. The molecule has 0 heterocycles. The third-order valence-electron chi connectivity index (χ3n) is 3.43. The van der Waals surface area contributed by atoms with E-state index >= 15 is 0 Å². The highest BCUT2D eigenvalue weighted by Gasteiger charge is 2.15. The minimum Gasteiger partial charge on any atom is -0.497 e. The van der Waals surface area contributed by atoms with Crippen LogP contribution in [0.1, 0.15) is 10.4 Å². The predicted molar refractivity (Wildman–Crippen MR) is 94.4 cm³/mol. The first-order valence-electron chi connectivity index (χ1n) is 7.54. The summed E-state index contributed by atoms with van der Waals surface area (Å²) in [6.45, 7) is -0.411. The molecule has 0 aliphatic rings. The van der Waals surface area contributed by atoms with E-state index in [1.165, 1.54) is 14.2 Å². The number of amides is 1. The molecule has 2 N–H and O–H groups in total. The molecule has 0 aliphatic heterocycles. The molecule has 25 heavy (non-hydrogen) atoms. The molecule has 0 radical (unpaired) electrons. The first-order chi connectivity index (χ1) is 12.1. The lowest BCUT2D eigenvalue weighted by Gasteiger charge is -2.12. The molecule has 2 aromatic rings. The van der Waals surface area contributed by atoms with E-state index in [-0.39, 0.29) is 0 Å². The summed E-state index contributed by atoms with van der Waals surface area (Å²) in [5.41, 5.74) is 1.45. The number of benzene rings is 2. The molecule has 0 saturated carbocycles. The topological polar surface area (TPSA) is 85.9 Å². The molecule has 0 bridgehead atoms. The van der Waals surface area contributed by atoms with Crippen LogP contribution in [0.25, 0.3) is 0 Å². The maximum Gasteiger partial charge on any atom is 0.340 e.